The van der Waals surface area contributed by atoms with E-state index in [-0.39, 0.29) is 15.6 Å². The second kappa shape index (κ2) is 7.15. The molecule has 0 fully saturated rings. The van der Waals surface area contributed by atoms with E-state index in [2.05, 4.69) is 5.16 Å². The van der Waals surface area contributed by atoms with Crippen LogP contribution in [0.25, 0.3) is 0 Å². The SMILES string of the molecule is COc1ccccc1C=NOC(=O)c1cc(Cl)cc(Cl)c1O. The van der Waals surface area contributed by atoms with E-state index in [1.54, 1.807) is 24.3 Å². The Kier molecular flexibility index (Phi) is 5.25. The van der Waals surface area contributed by atoms with E-state index < -0.39 is 11.7 Å². The molecule has 0 saturated heterocycles. The minimum Gasteiger partial charge on any atom is -0.505 e. The summed E-state index contributed by atoms with van der Waals surface area (Å²) < 4.78 is 5.13. The number of oxime groups is 1. The highest BCUT2D eigenvalue weighted by Crippen LogP contribution is 2.31. The number of halogens is 2. The Morgan fingerprint density at radius 3 is 2.73 bits per heavy atom. The molecular weight excluding hydrogens is 329 g/mol. The van der Waals surface area contributed by atoms with Gasteiger partial charge in [-0.3, -0.25) is 0 Å². The van der Waals surface area contributed by atoms with Gasteiger partial charge in [0, 0.05) is 10.6 Å². The number of phenolic OH excluding ortho intramolecular Hbond substituents is 1. The molecule has 0 heterocycles. The number of ether oxygens (including phenoxy) is 1. The zero-order chi connectivity index (χ0) is 16.1. The van der Waals surface area contributed by atoms with E-state index in [0.29, 0.717) is 11.3 Å². The molecular formula is C15H11Cl2NO4. The molecule has 2 aromatic rings. The number of benzene rings is 2. The highest BCUT2D eigenvalue weighted by molar-refractivity contribution is 6.36. The Morgan fingerprint density at radius 1 is 1.27 bits per heavy atom. The Morgan fingerprint density at radius 2 is 2.00 bits per heavy atom. The topological polar surface area (TPSA) is 68.1 Å². The van der Waals surface area contributed by atoms with Crippen molar-refractivity contribution in [1.29, 1.82) is 0 Å². The van der Waals surface area contributed by atoms with Gasteiger partial charge in [0.25, 0.3) is 0 Å². The monoisotopic (exact) mass is 339 g/mol. The van der Waals surface area contributed by atoms with Crippen molar-refractivity contribution in [2.45, 2.75) is 0 Å². The van der Waals surface area contributed by atoms with Crippen LogP contribution >= 0.6 is 23.2 Å². The molecule has 0 atom stereocenters. The lowest BCUT2D eigenvalue weighted by Gasteiger charge is -2.05. The van der Waals surface area contributed by atoms with E-state index in [4.69, 9.17) is 32.8 Å². The van der Waals surface area contributed by atoms with Crippen LogP contribution in [-0.4, -0.2) is 24.4 Å². The zero-order valence-electron chi connectivity index (χ0n) is 11.4. The van der Waals surface area contributed by atoms with Crippen molar-refractivity contribution in [1.82, 2.24) is 0 Å². The van der Waals surface area contributed by atoms with Gasteiger partial charge in [-0.05, 0) is 24.3 Å². The van der Waals surface area contributed by atoms with Crippen LogP contribution in [0.2, 0.25) is 10.0 Å². The summed E-state index contributed by atoms with van der Waals surface area (Å²) in [5.74, 6) is -0.715. The molecule has 5 nitrogen and oxygen atoms in total. The Bertz CT molecular complexity index is 731. The van der Waals surface area contributed by atoms with E-state index >= 15 is 0 Å². The summed E-state index contributed by atoms with van der Waals surface area (Å²) in [7, 11) is 1.52. The quantitative estimate of drug-likeness (QED) is 0.521. The smallest absolute Gasteiger partial charge is 0.369 e. The molecule has 0 saturated carbocycles. The average molecular weight is 340 g/mol. The van der Waals surface area contributed by atoms with Crippen LogP contribution in [0.4, 0.5) is 0 Å². The molecule has 0 amide bonds. The first-order valence-corrected chi connectivity index (χ1v) is 6.84. The van der Waals surface area contributed by atoms with E-state index in [1.165, 1.54) is 25.5 Å². The maximum Gasteiger partial charge on any atom is 0.369 e. The van der Waals surface area contributed by atoms with Crippen LogP contribution in [0, 0.1) is 0 Å². The second-order valence-corrected chi connectivity index (χ2v) is 4.98. The van der Waals surface area contributed by atoms with E-state index in [0.717, 1.165) is 0 Å². The van der Waals surface area contributed by atoms with Gasteiger partial charge in [-0.2, -0.15) is 0 Å². The average Bonchev–Trinajstić information content (AvgIpc) is 2.51. The first-order valence-electron chi connectivity index (χ1n) is 6.08. The third kappa shape index (κ3) is 3.69. The van der Waals surface area contributed by atoms with Gasteiger partial charge < -0.3 is 14.7 Å². The maximum absolute atomic E-state index is 11.9. The Labute approximate surface area is 136 Å². The molecule has 0 spiro atoms. The number of para-hydroxylation sites is 1. The van der Waals surface area contributed by atoms with Crippen molar-refractivity contribution in [3.8, 4) is 11.5 Å². The third-order valence-electron chi connectivity index (χ3n) is 2.71. The molecule has 22 heavy (non-hydrogen) atoms. The number of phenols is 1. The minimum atomic E-state index is -0.881. The first-order chi connectivity index (χ1) is 10.5. The predicted molar refractivity (Wildman–Crippen MR) is 84.1 cm³/mol. The molecule has 1 N–H and O–H groups in total. The van der Waals surface area contributed by atoms with Gasteiger partial charge in [-0.25, -0.2) is 4.79 Å². The summed E-state index contributed by atoms with van der Waals surface area (Å²) in [6, 6.07) is 9.62. The summed E-state index contributed by atoms with van der Waals surface area (Å²) in [6.45, 7) is 0. The molecule has 0 unspecified atom stereocenters. The predicted octanol–water partition coefficient (Wildman–Crippen LogP) is 3.90. The molecule has 2 rings (SSSR count). The van der Waals surface area contributed by atoms with Crippen LogP contribution < -0.4 is 4.74 Å². The molecule has 2 aromatic carbocycles. The van der Waals surface area contributed by atoms with Crippen LogP contribution in [-0.2, 0) is 4.84 Å². The molecule has 0 bridgehead atoms. The number of carbonyl (C=O) groups excluding carboxylic acids is 1. The van der Waals surface area contributed by atoms with Crippen LogP contribution in [0.1, 0.15) is 15.9 Å². The van der Waals surface area contributed by atoms with E-state index in [1.807, 2.05) is 0 Å². The highest BCUT2D eigenvalue weighted by Gasteiger charge is 2.17. The standard InChI is InChI=1S/C15H11Cl2NO4/c1-21-13-5-3-2-4-9(13)8-18-22-15(20)11-6-10(16)7-12(17)14(11)19/h2-8,19H,1H3. The van der Waals surface area contributed by atoms with E-state index in [9.17, 15) is 9.90 Å². The zero-order valence-corrected chi connectivity index (χ0v) is 12.9. The van der Waals surface area contributed by atoms with Crippen molar-refractivity contribution in [2.75, 3.05) is 7.11 Å². The maximum atomic E-state index is 11.9. The summed E-state index contributed by atoms with van der Waals surface area (Å²) in [6.07, 6.45) is 1.32. The fraction of sp³-hybridized carbons (Fsp3) is 0.0667. The number of aromatic hydroxyl groups is 1. The van der Waals surface area contributed by atoms with Gasteiger partial charge in [0.1, 0.15) is 17.1 Å². The second-order valence-electron chi connectivity index (χ2n) is 4.14. The molecule has 0 aliphatic heterocycles. The van der Waals surface area contributed by atoms with Crippen molar-refractivity contribution >= 4 is 35.4 Å². The van der Waals surface area contributed by atoms with Gasteiger partial charge in [0.15, 0.2) is 0 Å². The van der Waals surface area contributed by atoms with Crippen molar-refractivity contribution in [3.63, 3.8) is 0 Å². The third-order valence-corrected chi connectivity index (χ3v) is 3.22. The van der Waals surface area contributed by atoms with Crippen molar-refractivity contribution in [2.24, 2.45) is 5.16 Å². The number of hydrogen-bond donors (Lipinski definition) is 1. The van der Waals surface area contributed by atoms with Crippen molar-refractivity contribution < 1.29 is 19.5 Å². The lowest BCUT2D eigenvalue weighted by atomic mass is 10.2. The highest BCUT2D eigenvalue weighted by atomic mass is 35.5. The largest absolute Gasteiger partial charge is 0.505 e. The first kappa shape index (κ1) is 16.1. The van der Waals surface area contributed by atoms with Crippen LogP contribution in [0.5, 0.6) is 11.5 Å². The number of carbonyl (C=O) groups is 1. The number of rotatable bonds is 4. The van der Waals surface area contributed by atoms with Gasteiger partial charge in [0.05, 0.1) is 18.3 Å². The van der Waals surface area contributed by atoms with Crippen molar-refractivity contribution in [3.05, 3.63) is 57.6 Å². The number of hydrogen-bond acceptors (Lipinski definition) is 5. The Balaban J connectivity index is 2.15. The molecule has 0 aliphatic rings. The summed E-state index contributed by atoms with van der Waals surface area (Å²) in [5.41, 5.74) is 0.459. The number of nitrogens with zero attached hydrogens (tertiary/aromatic N) is 1. The number of methoxy groups -OCH3 is 1. The van der Waals surface area contributed by atoms with Crippen LogP contribution in [0.3, 0.4) is 0 Å². The fourth-order valence-corrected chi connectivity index (χ4v) is 2.17. The van der Waals surface area contributed by atoms with Gasteiger partial charge in [0.2, 0.25) is 0 Å². The molecule has 0 radical (unpaired) electrons. The fourth-order valence-electron chi connectivity index (χ4n) is 1.67. The molecule has 7 heteroatoms. The minimum absolute atomic E-state index is 0.0480. The summed E-state index contributed by atoms with van der Waals surface area (Å²) in [5, 5.41) is 13.5. The molecule has 0 aliphatic carbocycles. The normalized spacial score (nSPS) is 10.7. The summed E-state index contributed by atoms with van der Waals surface area (Å²) >= 11 is 11.5. The lowest BCUT2D eigenvalue weighted by Crippen LogP contribution is -2.02. The molecule has 114 valence electrons. The Hall–Kier alpha value is -2.24. The summed E-state index contributed by atoms with van der Waals surface area (Å²) in [4.78, 5) is 16.6. The van der Waals surface area contributed by atoms with Gasteiger partial charge in [-0.15, -0.1) is 0 Å². The lowest BCUT2D eigenvalue weighted by molar-refractivity contribution is 0.0516. The van der Waals surface area contributed by atoms with Gasteiger partial charge in [-0.1, -0.05) is 40.5 Å². The van der Waals surface area contributed by atoms with Gasteiger partial charge >= 0.3 is 5.97 Å². The van der Waals surface area contributed by atoms with Crippen LogP contribution in [0.15, 0.2) is 41.6 Å². The molecule has 0 aromatic heterocycles.